The van der Waals surface area contributed by atoms with Crippen LogP contribution in [0.5, 0.6) is 0 Å². The van der Waals surface area contributed by atoms with Crippen LogP contribution in [0.25, 0.3) is 0 Å². The van der Waals surface area contributed by atoms with Gasteiger partial charge in [-0.2, -0.15) is 0 Å². The molecular weight excluding hydrogens is 194 g/mol. The maximum Gasteiger partial charge on any atom is 0.158 e. The molecule has 0 saturated heterocycles. The van der Waals surface area contributed by atoms with Crippen molar-refractivity contribution in [3.8, 4) is 0 Å². The van der Waals surface area contributed by atoms with Gasteiger partial charge in [0, 0.05) is 11.3 Å². The number of ketones is 1. The fourth-order valence-electron chi connectivity index (χ4n) is 2.20. The topological polar surface area (TPSA) is 29.1 Å². The van der Waals surface area contributed by atoms with E-state index in [0.717, 1.165) is 25.7 Å². The van der Waals surface area contributed by atoms with Crippen LogP contribution in [0.1, 0.15) is 30.6 Å². The van der Waals surface area contributed by atoms with Gasteiger partial charge in [0.25, 0.3) is 0 Å². The third kappa shape index (κ3) is 1.41. The minimum Gasteiger partial charge on any atom is -0.304 e. The maximum absolute atomic E-state index is 12.0. The average Bonchev–Trinajstić information content (AvgIpc) is 2.72. The van der Waals surface area contributed by atoms with Crippen LogP contribution in [0.4, 0.5) is 0 Å². The van der Waals surface area contributed by atoms with Crippen molar-refractivity contribution in [3.63, 3.8) is 0 Å². The van der Waals surface area contributed by atoms with Crippen LogP contribution in [-0.4, -0.2) is 12.8 Å². The number of hydrogen-bond acceptors (Lipinski definition) is 3. The fourth-order valence-corrected chi connectivity index (χ4v) is 3.18. The summed E-state index contributed by atoms with van der Waals surface area (Å²) in [5.41, 5.74) is -0.369. The fraction of sp³-hybridized carbons (Fsp3) is 0.545. The Morgan fingerprint density at radius 3 is 2.93 bits per heavy atom. The summed E-state index contributed by atoms with van der Waals surface area (Å²) in [6.45, 7) is 0. The molecule has 0 aliphatic heterocycles. The Hall–Kier alpha value is -0.670. The summed E-state index contributed by atoms with van der Waals surface area (Å²) in [7, 11) is 1.89. The van der Waals surface area contributed by atoms with Gasteiger partial charge in [0.1, 0.15) is 5.54 Å². The first-order valence-electron chi connectivity index (χ1n) is 5.06. The average molecular weight is 209 g/mol. The summed E-state index contributed by atoms with van der Waals surface area (Å²) < 4.78 is 0. The van der Waals surface area contributed by atoms with Gasteiger partial charge in [-0.05, 0) is 31.3 Å². The van der Waals surface area contributed by atoms with E-state index in [1.807, 2.05) is 18.5 Å². The Bertz CT molecular complexity index is 320. The van der Waals surface area contributed by atoms with Gasteiger partial charge in [-0.1, -0.05) is 12.5 Å². The molecule has 1 N–H and O–H groups in total. The molecule has 0 spiro atoms. The van der Waals surface area contributed by atoms with Gasteiger partial charge < -0.3 is 5.32 Å². The molecule has 2 rings (SSSR count). The maximum atomic E-state index is 12.0. The number of likely N-dealkylation sites (N-methyl/N-ethyl adjacent to an activating group) is 1. The zero-order valence-corrected chi connectivity index (χ0v) is 9.19. The predicted octanol–water partition coefficient (Wildman–Crippen LogP) is 2.31. The van der Waals surface area contributed by atoms with Crippen molar-refractivity contribution in [1.82, 2.24) is 5.32 Å². The highest BCUT2D eigenvalue weighted by molar-refractivity contribution is 7.10. The highest BCUT2D eigenvalue weighted by Gasteiger charge is 2.40. The van der Waals surface area contributed by atoms with E-state index in [2.05, 4.69) is 11.4 Å². The lowest BCUT2D eigenvalue weighted by Gasteiger charge is -2.34. The smallest absolute Gasteiger partial charge is 0.158 e. The van der Waals surface area contributed by atoms with E-state index in [9.17, 15) is 4.79 Å². The quantitative estimate of drug-likeness (QED) is 0.809. The molecule has 3 heteroatoms. The van der Waals surface area contributed by atoms with E-state index in [-0.39, 0.29) is 5.54 Å². The van der Waals surface area contributed by atoms with Crippen molar-refractivity contribution in [3.05, 3.63) is 22.4 Å². The molecule has 1 aromatic heterocycles. The number of Topliss-reactive ketones (excluding diaryl/α,β-unsaturated/α-hetero) is 1. The molecule has 0 aromatic carbocycles. The molecule has 1 aliphatic carbocycles. The lowest BCUT2D eigenvalue weighted by atomic mass is 9.79. The van der Waals surface area contributed by atoms with Gasteiger partial charge in [-0.25, -0.2) is 0 Å². The molecule has 0 amide bonds. The lowest BCUT2D eigenvalue weighted by molar-refractivity contribution is -0.127. The SMILES string of the molecule is CN[C@@]1(c2cccs2)CCCCC1=O. The van der Waals surface area contributed by atoms with Crippen molar-refractivity contribution in [1.29, 1.82) is 0 Å². The van der Waals surface area contributed by atoms with Crippen molar-refractivity contribution in [2.75, 3.05) is 7.05 Å². The van der Waals surface area contributed by atoms with Gasteiger partial charge in [0.2, 0.25) is 0 Å². The zero-order valence-electron chi connectivity index (χ0n) is 8.38. The molecule has 0 bridgehead atoms. The molecule has 14 heavy (non-hydrogen) atoms. The van der Waals surface area contributed by atoms with Crippen molar-refractivity contribution in [2.45, 2.75) is 31.2 Å². The second kappa shape index (κ2) is 3.83. The summed E-state index contributed by atoms with van der Waals surface area (Å²) in [4.78, 5) is 13.2. The van der Waals surface area contributed by atoms with Gasteiger partial charge in [0.05, 0.1) is 0 Å². The number of thiophene rings is 1. The normalized spacial score (nSPS) is 27.9. The minimum absolute atomic E-state index is 0.355. The second-order valence-electron chi connectivity index (χ2n) is 3.76. The van der Waals surface area contributed by atoms with Crippen molar-refractivity contribution >= 4 is 17.1 Å². The molecule has 1 heterocycles. The Morgan fingerprint density at radius 2 is 2.36 bits per heavy atom. The number of rotatable bonds is 2. The third-order valence-corrected chi connectivity index (χ3v) is 4.08. The summed E-state index contributed by atoms with van der Waals surface area (Å²) in [5.74, 6) is 0.355. The lowest BCUT2D eigenvalue weighted by Crippen LogP contribution is -2.48. The van der Waals surface area contributed by atoms with Crippen LogP contribution in [0.2, 0.25) is 0 Å². The molecule has 1 saturated carbocycles. The standard InChI is InChI=1S/C11H15NOS/c1-12-11(10-6-4-8-14-10)7-3-2-5-9(11)13/h4,6,8,12H,2-3,5,7H2,1H3/t11-/m0/s1. The van der Waals surface area contributed by atoms with E-state index < -0.39 is 0 Å². The number of hydrogen-bond donors (Lipinski definition) is 1. The molecule has 1 aromatic rings. The van der Waals surface area contributed by atoms with Crippen molar-refractivity contribution in [2.24, 2.45) is 0 Å². The monoisotopic (exact) mass is 209 g/mol. The minimum atomic E-state index is -0.369. The van der Waals surface area contributed by atoms with Crippen LogP contribution in [-0.2, 0) is 10.3 Å². The predicted molar refractivity (Wildman–Crippen MR) is 58.5 cm³/mol. The second-order valence-corrected chi connectivity index (χ2v) is 4.71. The summed E-state index contributed by atoms with van der Waals surface area (Å²) >= 11 is 1.67. The summed E-state index contributed by atoms with van der Waals surface area (Å²) in [6.07, 6.45) is 3.86. The highest BCUT2D eigenvalue weighted by atomic mass is 32.1. The molecule has 0 unspecified atom stereocenters. The zero-order chi connectivity index (χ0) is 10.0. The Labute approximate surface area is 88.3 Å². The Morgan fingerprint density at radius 1 is 1.50 bits per heavy atom. The van der Waals surface area contributed by atoms with E-state index in [0.29, 0.717) is 5.78 Å². The van der Waals surface area contributed by atoms with Crippen LogP contribution >= 0.6 is 11.3 Å². The first-order valence-corrected chi connectivity index (χ1v) is 5.94. The van der Waals surface area contributed by atoms with Gasteiger partial charge >= 0.3 is 0 Å². The van der Waals surface area contributed by atoms with Crippen LogP contribution in [0.3, 0.4) is 0 Å². The van der Waals surface area contributed by atoms with E-state index in [4.69, 9.17) is 0 Å². The number of nitrogens with one attached hydrogen (secondary N) is 1. The Kier molecular flexibility index (Phi) is 2.70. The number of carbonyl (C=O) groups is 1. The summed E-state index contributed by atoms with van der Waals surface area (Å²) in [5, 5.41) is 5.27. The highest BCUT2D eigenvalue weighted by Crippen LogP contribution is 2.36. The number of carbonyl (C=O) groups excluding carboxylic acids is 1. The molecule has 1 aliphatic rings. The molecule has 1 fully saturated rings. The Balaban J connectivity index is 2.37. The molecule has 0 radical (unpaired) electrons. The molecule has 1 atom stereocenters. The third-order valence-electron chi connectivity index (χ3n) is 3.05. The van der Waals surface area contributed by atoms with Crippen LogP contribution in [0, 0.1) is 0 Å². The van der Waals surface area contributed by atoms with Gasteiger partial charge in [-0.3, -0.25) is 4.79 Å². The van der Waals surface area contributed by atoms with E-state index in [1.54, 1.807) is 11.3 Å². The van der Waals surface area contributed by atoms with Gasteiger partial charge in [0.15, 0.2) is 5.78 Å². The van der Waals surface area contributed by atoms with Crippen LogP contribution in [0.15, 0.2) is 17.5 Å². The van der Waals surface area contributed by atoms with E-state index in [1.165, 1.54) is 4.88 Å². The first-order chi connectivity index (χ1) is 6.79. The van der Waals surface area contributed by atoms with E-state index >= 15 is 0 Å². The van der Waals surface area contributed by atoms with Crippen molar-refractivity contribution < 1.29 is 4.79 Å². The molecule has 76 valence electrons. The van der Waals surface area contributed by atoms with Gasteiger partial charge in [-0.15, -0.1) is 11.3 Å². The largest absolute Gasteiger partial charge is 0.304 e. The first kappa shape index (κ1) is 9.87. The molecule has 2 nitrogen and oxygen atoms in total. The van der Waals surface area contributed by atoms with Crippen LogP contribution < -0.4 is 5.32 Å². The molecular formula is C11H15NOS. The summed E-state index contributed by atoms with van der Waals surface area (Å²) in [6, 6.07) is 4.07.